The molecule has 5 N–H and O–H groups in total. The van der Waals surface area contributed by atoms with Crippen LogP contribution in [0.15, 0.2) is 34.8 Å². The molecule has 0 fully saturated rings. The Morgan fingerprint density at radius 2 is 2.05 bits per heavy atom. The van der Waals surface area contributed by atoms with Crippen LogP contribution in [0.3, 0.4) is 0 Å². The van der Waals surface area contributed by atoms with Gasteiger partial charge in [0.1, 0.15) is 5.76 Å². The van der Waals surface area contributed by atoms with Crippen molar-refractivity contribution >= 4 is 11.6 Å². The first-order valence-corrected chi connectivity index (χ1v) is 7.64. The molecule has 0 aliphatic carbocycles. The summed E-state index contributed by atoms with van der Waals surface area (Å²) in [6, 6.07) is 0. The normalized spacial score (nSPS) is 13.5. The van der Waals surface area contributed by atoms with Gasteiger partial charge < -0.3 is 21.5 Å². The molecule has 116 valence electrons. The molecule has 0 heterocycles. The molecule has 20 heavy (non-hydrogen) atoms. The van der Waals surface area contributed by atoms with Crippen molar-refractivity contribution in [2.75, 3.05) is 19.7 Å². The Labute approximate surface area is 127 Å². The maximum Gasteiger partial charge on any atom is 0.117 e. The highest BCUT2D eigenvalue weighted by atomic mass is 35.5. The van der Waals surface area contributed by atoms with Crippen LogP contribution in [0.1, 0.15) is 39.5 Å². The minimum absolute atomic E-state index is 0.506. The van der Waals surface area contributed by atoms with Gasteiger partial charge in [0.25, 0.3) is 0 Å². The number of ether oxygens (including phenoxy) is 1. The van der Waals surface area contributed by atoms with Gasteiger partial charge in [0, 0.05) is 18.2 Å². The lowest BCUT2D eigenvalue weighted by atomic mass is 10.2. The third-order valence-corrected chi connectivity index (χ3v) is 2.92. The van der Waals surface area contributed by atoms with Gasteiger partial charge in [0.2, 0.25) is 0 Å². The van der Waals surface area contributed by atoms with Crippen molar-refractivity contribution in [2.45, 2.75) is 39.5 Å². The standard InChI is InChI=1S/C15H28ClN3O/c1-3-9-19-15(14(18)12-16)11-13(4-2)20-10-7-5-6-8-17/h4,11-12,19H,3,5-10,17-18H2,1-2H3/b13-4+,14-12-,15-11+. The lowest BCUT2D eigenvalue weighted by molar-refractivity contribution is 0.216. The molecule has 0 amide bonds. The maximum atomic E-state index is 5.86. The van der Waals surface area contributed by atoms with E-state index in [0.717, 1.165) is 50.2 Å². The summed E-state index contributed by atoms with van der Waals surface area (Å²) in [6.07, 6.45) is 7.93. The number of nitrogens with two attached hydrogens (primary N) is 2. The first-order chi connectivity index (χ1) is 9.69. The largest absolute Gasteiger partial charge is 0.494 e. The van der Waals surface area contributed by atoms with E-state index >= 15 is 0 Å². The molecule has 0 bridgehead atoms. The minimum Gasteiger partial charge on any atom is -0.494 e. The van der Waals surface area contributed by atoms with Crippen molar-refractivity contribution < 1.29 is 4.74 Å². The van der Waals surface area contributed by atoms with Gasteiger partial charge in [-0.3, -0.25) is 0 Å². The minimum atomic E-state index is 0.506. The Balaban J connectivity index is 4.47. The van der Waals surface area contributed by atoms with Gasteiger partial charge in [-0.15, -0.1) is 0 Å². The summed E-state index contributed by atoms with van der Waals surface area (Å²) >= 11 is 5.67. The number of rotatable bonds is 11. The molecule has 0 rings (SSSR count). The molecule has 0 unspecified atom stereocenters. The first kappa shape index (κ1) is 18.9. The fourth-order valence-electron chi connectivity index (χ4n) is 1.52. The molecular weight excluding hydrogens is 274 g/mol. The first-order valence-electron chi connectivity index (χ1n) is 7.20. The lowest BCUT2D eigenvalue weighted by Gasteiger charge is -2.12. The highest BCUT2D eigenvalue weighted by Crippen LogP contribution is 2.10. The Morgan fingerprint density at radius 1 is 1.30 bits per heavy atom. The molecule has 0 aromatic carbocycles. The molecule has 0 aliphatic heterocycles. The molecule has 0 radical (unpaired) electrons. The summed E-state index contributed by atoms with van der Waals surface area (Å²) < 4.78 is 5.72. The monoisotopic (exact) mass is 301 g/mol. The van der Waals surface area contributed by atoms with Crippen LogP contribution >= 0.6 is 11.6 Å². The van der Waals surface area contributed by atoms with Crippen LogP contribution in [0.4, 0.5) is 0 Å². The second-order valence-corrected chi connectivity index (χ2v) is 4.66. The molecule has 0 aromatic heterocycles. The summed E-state index contributed by atoms with van der Waals surface area (Å²) in [7, 11) is 0. The molecular formula is C15H28ClN3O. The molecule has 0 saturated heterocycles. The van der Waals surface area contributed by atoms with Crippen LogP contribution in [0, 0.1) is 0 Å². The van der Waals surface area contributed by atoms with Crippen molar-refractivity contribution in [1.82, 2.24) is 5.32 Å². The molecule has 0 aliphatic rings. The molecule has 0 aromatic rings. The van der Waals surface area contributed by atoms with Crippen LogP contribution in [-0.4, -0.2) is 19.7 Å². The van der Waals surface area contributed by atoms with E-state index in [9.17, 15) is 0 Å². The summed E-state index contributed by atoms with van der Waals surface area (Å²) in [5.41, 5.74) is 14.0. The number of unbranched alkanes of at least 4 members (excludes halogenated alkanes) is 2. The number of allylic oxidation sites excluding steroid dienone is 2. The highest BCUT2D eigenvalue weighted by Gasteiger charge is 2.02. The number of hydrogen-bond donors (Lipinski definition) is 3. The maximum absolute atomic E-state index is 5.86. The smallest absolute Gasteiger partial charge is 0.117 e. The van der Waals surface area contributed by atoms with Crippen LogP contribution in [0.25, 0.3) is 0 Å². The Morgan fingerprint density at radius 3 is 2.60 bits per heavy atom. The number of nitrogens with one attached hydrogen (secondary N) is 1. The fourth-order valence-corrected chi connectivity index (χ4v) is 1.64. The summed E-state index contributed by atoms with van der Waals surface area (Å²) in [5, 5.41) is 3.24. The Kier molecular flexibility index (Phi) is 12.2. The van der Waals surface area contributed by atoms with Crippen molar-refractivity contribution in [2.24, 2.45) is 11.5 Å². The van der Waals surface area contributed by atoms with E-state index in [4.69, 9.17) is 27.8 Å². The summed E-state index contributed by atoms with van der Waals surface area (Å²) in [4.78, 5) is 0. The van der Waals surface area contributed by atoms with Gasteiger partial charge in [-0.25, -0.2) is 0 Å². The highest BCUT2D eigenvalue weighted by molar-refractivity contribution is 6.25. The van der Waals surface area contributed by atoms with Crippen molar-refractivity contribution in [3.63, 3.8) is 0 Å². The van der Waals surface area contributed by atoms with Crippen LogP contribution in [0.5, 0.6) is 0 Å². The van der Waals surface area contributed by atoms with E-state index in [1.165, 1.54) is 5.54 Å². The zero-order valence-electron chi connectivity index (χ0n) is 12.6. The van der Waals surface area contributed by atoms with E-state index < -0.39 is 0 Å². The molecule has 0 atom stereocenters. The number of hydrogen-bond acceptors (Lipinski definition) is 4. The molecule has 4 nitrogen and oxygen atoms in total. The summed E-state index contributed by atoms with van der Waals surface area (Å²) in [6.45, 7) is 6.28. The third kappa shape index (κ3) is 8.88. The quantitative estimate of drug-likeness (QED) is 0.312. The van der Waals surface area contributed by atoms with E-state index in [1.807, 2.05) is 19.1 Å². The van der Waals surface area contributed by atoms with Crippen molar-refractivity contribution in [3.8, 4) is 0 Å². The average molecular weight is 302 g/mol. The van der Waals surface area contributed by atoms with Gasteiger partial charge in [-0.05, 0) is 45.2 Å². The Hall–Kier alpha value is -1.13. The SMILES string of the molecule is C\C=C(/C=C(NCCC)\C(N)=C\Cl)OCCCCCN. The Bertz CT molecular complexity index is 338. The van der Waals surface area contributed by atoms with Crippen LogP contribution in [-0.2, 0) is 4.74 Å². The van der Waals surface area contributed by atoms with E-state index in [2.05, 4.69) is 12.2 Å². The van der Waals surface area contributed by atoms with Gasteiger partial charge in [-0.2, -0.15) is 0 Å². The topological polar surface area (TPSA) is 73.3 Å². The van der Waals surface area contributed by atoms with E-state index in [1.54, 1.807) is 0 Å². The third-order valence-electron chi connectivity index (χ3n) is 2.68. The predicted octanol–water partition coefficient (Wildman–Crippen LogP) is 2.96. The van der Waals surface area contributed by atoms with Gasteiger partial charge in [0.15, 0.2) is 0 Å². The van der Waals surface area contributed by atoms with E-state index in [0.29, 0.717) is 12.3 Å². The van der Waals surface area contributed by atoms with Crippen molar-refractivity contribution in [3.05, 3.63) is 34.8 Å². The number of halogens is 1. The van der Waals surface area contributed by atoms with Gasteiger partial charge in [-0.1, -0.05) is 18.5 Å². The second kappa shape index (κ2) is 12.9. The van der Waals surface area contributed by atoms with E-state index in [-0.39, 0.29) is 0 Å². The van der Waals surface area contributed by atoms with Crippen LogP contribution < -0.4 is 16.8 Å². The van der Waals surface area contributed by atoms with Gasteiger partial charge >= 0.3 is 0 Å². The second-order valence-electron chi connectivity index (χ2n) is 4.44. The van der Waals surface area contributed by atoms with Crippen molar-refractivity contribution in [1.29, 1.82) is 0 Å². The molecule has 0 saturated carbocycles. The lowest BCUT2D eigenvalue weighted by Crippen LogP contribution is -2.19. The van der Waals surface area contributed by atoms with Crippen LogP contribution in [0.2, 0.25) is 0 Å². The molecule has 0 spiro atoms. The predicted molar refractivity (Wildman–Crippen MR) is 87.1 cm³/mol. The fraction of sp³-hybridized carbons (Fsp3) is 0.600. The van der Waals surface area contributed by atoms with Gasteiger partial charge in [0.05, 0.1) is 18.0 Å². The zero-order valence-corrected chi connectivity index (χ0v) is 13.4. The average Bonchev–Trinajstić information content (AvgIpc) is 2.48. The summed E-state index contributed by atoms with van der Waals surface area (Å²) in [5.74, 6) is 0.790. The molecule has 5 heteroatoms. The zero-order chi connectivity index (χ0) is 15.2.